The zero-order chi connectivity index (χ0) is 29.7. The fraction of sp³-hybridized carbons (Fsp3) is 0.633. The van der Waals surface area contributed by atoms with Crippen molar-refractivity contribution in [1.29, 1.82) is 10.7 Å². The maximum absolute atomic E-state index is 15.2. The number of nitriles is 1. The molecule has 0 radical (unpaired) electrons. The lowest BCUT2D eigenvalue weighted by Gasteiger charge is -2.35. The van der Waals surface area contributed by atoms with E-state index >= 15 is 8.78 Å². The number of benzene rings is 1. The Kier molecular flexibility index (Phi) is 9.74. The fourth-order valence-corrected chi connectivity index (χ4v) is 5.99. The van der Waals surface area contributed by atoms with Crippen LogP contribution < -0.4 is 5.32 Å². The Morgan fingerprint density at radius 1 is 1.24 bits per heavy atom. The van der Waals surface area contributed by atoms with Crippen LogP contribution >= 0.6 is 0 Å². The molecular formula is C30H39F2N5O4. The highest BCUT2D eigenvalue weighted by Gasteiger charge is 2.52. The summed E-state index contributed by atoms with van der Waals surface area (Å²) in [6.45, 7) is 7.16. The maximum atomic E-state index is 15.2. The van der Waals surface area contributed by atoms with Gasteiger partial charge in [0, 0.05) is 50.2 Å². The maximum Gasteiger partial charge on any atom is 0.411 e. The summed E-state index contributed by atoms with van der Waals surface area (Å²) in [4.78, 5) is 32.0. The van der Waals surface area contributed by atoms with Crippen LogP contribution in [-0.4, -0.2) is 72.8 Å². The number of likely N-dealkylation sites (tertiary alicyclic amines) is 1. The molecule has 9 nitrogen and oxygen atoms in total. The van der Waals surface area contributed by atoms with Gasteiger partial charge in [-0.3, -0.25) is 14.7 Å². The summed E-state index contributed by atoms with van der Waals surface area (Å²) in [5.41, 5.74) is -0.821. The van der Waals surface area contributed by atoms with Crippen molar-refractivity contribution in [2.45, 2.75) is 88.9 Å². The van der Waals surface area contributed by atoms with Crippen molar-refractivity contribution in [1.82, 2.24) is 10.2 Å². The molecule has 1 aliphatic carbocycles. The molecule has 2 amide bonds. The van der Waals surface area contributed by atoms with Crippen molar-refractivity contribution in [3.05, 3.63) is 34.9 Å². The molecule has 1 aromatic carbocycles. The fourth-order valence-electron chi connectivity index (χ4n) is 5.99. The number of nitrogens with one attached hydrogen (secondary N) is 2. The topological polar surface area (TPSA) is 128 Å². The lowest BCUT2D eigenvalue weighted by atomic mass is 9.95. The molecule has 5 unspecified atom stereocenters. The largest absolute Gasteiger partial charge is 0.444 e. The van der Waals surface area contributed by atoms with Crippen LogP contribution in [0, 0.1) is 40.2 Å². The van der Waals surface area contributed by atoms with Gasteiger partial charge in [0.15, 0.2) is 11.6 Å². The minimum Gasteiger partial charge on any atom is -0.444 e. The van der Waals surface area contributed by atoms with Gasteiger partial charge in [-0.1, -0.05) is 12.1 Å². The number of carbonyl (C=O) groups is 2. The second-order valence-corrected chi connectivity index (χ2v) is 12.2. The first-order valence-corrected chi connectivity index (χ1v) is 14.3. The van der Waals surface area contributed by atoms with E-state index in [1.807, 2.05) is 6.07 Å². The van der Waals surface area contributed by atoms with Crippen molar-refractivity contribution in [3.8, 4) is 6.07 Å². The molecule has 1 saturated carbocycles. The molecule has 2 bridgehead atoms. The normalized spacial score (nSPS) is 24.2. The van der Waals surface area contributed by atoms with Gasteiger partial charge in [0.05, 0.1) is 12.0 Å². The lowest BCUT2D eigenvalue weighted by Crippen LogP contribution is -2.55. The molecule has 1 aromatic rings. The molecule has 4 rings (SSSR count). The highest BCUT2D eigenvalue weighted by atomic mass is 19.2. The van der Waals surface area contributed by atoms with E-state index in [1.165, 1.54) is 23.2 Å². The Balaban J connectivity index is 1.42. The minimum absolute atomic E-state index is 0.0236. The van der Waals surface area contributed by atoms with Crippen LogP contribution in [-0.2, 0) is 20.7 Å². The molecule has 11 heteroatoms. The first-order chi connectivity index (χ1) is 19.5. The van der Waals surface area contributed by atoms with Crippen molar-refractivity contribution < 1.29 is 27.8 Å². The van der Waals surface area contributed by atoms with Gasteiger partial charge in [0.2, 0.25) is 5.91 Å². The Morgan fingerprint density at radius 2 is 1.98 bits per heavy atom. The molecule has 0 spiro atoms. The molecule has 2 N–H and O–H groups in total. The Morgan fingerprint density at radius 3 is 2.63 bits per heavy atom. The van der Waals surface area contributed by atoms with Crippen molar-refractivity contribution in [2.24, 2.45) is 16.8 Å². The average Bonchev–Trinajstić information content (AvgIpc) is 3.55. The quantitative estimate of drug-likeness (QED) is 0.421. The minimum atomic E-state index is -1.14. The van der Waals surface area contributed by atoms with Gasteiger partial charge in [0.25, 0.3) is 0 Å². The van der Waals surface area contributed by atoms with Crippen LogP contribution in [0.3, 0.4) is 0 Å². The average molecular weight is 572 g/mol. The number of halogens is 2. The Bertz CT molecular complexity index is 1200. The van der Waals surface area contributed by atoms with Gasteiger partial charge in [-0.2, -0.15) is 5.26 Å². The number of amides is 2. The highest BCUT2D eigenvalue weighted by Crippen LogP contribution is 2.43. The standard InChI is InChI=1S/C30H39F2N5O4/c1-30(2,3)41-29(39)37-23-6-4-20(13-23)27(37)28(38)36-22(15-34)12-19-5-7-24(26(32)25(19)31)21(14-33)17-35-16-18-8-10-40-11-9-18/h5,7,14,17-18,20-23,27,33H,4,6,8-13,16H2,1-3H3,(H,36,38). The van der Waals surface area contributed by atoms with E-state index in [1.54, 1.807) is 20.8 Å². The number of nitrogens with zero attached hydrogens (tertiary/aromatic N) is 3. The van der Waals surface area contributed by atoms with Gasteiger partial charge in [-0.25, -0.2) is 13.6 Å². The molecular weight excluding hydrogens is 532 g/mol. The first kappa shape index (κ1) is 30.6. The van der Waals surface area contributed by atoms with Crippen LogP contribution in [0.2, 0.25) is 0 Å². The van der Waals surface area contributed by atoms with E-state index in [0.29, 0.717) is 32.1 Å². The molecule has 5 atom stereocenters. The summed E-state index contributed by atoms with van der Waals surface area (Å²) in [5.74, 6) is -3.26. The highest BCUT2D eigenvalue weighted by molar-refractivity contribution is 5.89. The summed E-state index contributed by atoms with van der Waals surface area (Å²) < 4.78 is 41.2. The number of piperidine rings is 1. The summed E-state index contributed by atoms with van der Waals surface area (Å²) in [7, 11) is 0. The number of aliphatic imine (C=N–C) groups is 1. The van der Waals surface area contributed by atoms with E-state index < -0.39 is 47.2 Å². The van der Waals surface area contributed by atoms with Gasteiger partial charge in [0.1, 0.15) is 17.7 Å². The van der Waals surface area contributed by atoms with E-state index in [-0.39, 0.29) is 29.5 Å². The molecule has 2 saturated heterocycles. The number of hydrogen-bond donors (Lipinski definition) is 2. The summed E-state index contributed by atoms with van der Waals surface area (Å²) in [6.07, 6.45) is 5.67. The predicted molar refractivity (Wildman–Crippen MR) is 149 cm³/mol. The van der Waals surface area contributed by atoms with Crippen LogP contribution in [0.4, 0.5) is 13.6 Å². The monoisotopic (exact) mass is 571 g/mol. The van der Waals surface area contributed by atoms with Crippen molar-refractivity contribution in [3.63, 3.8) is 0 Å². The zero-order valence-corrected chi connectivity index (χ0v) is 23.9. The second-order valence-electron chi connectivity index (χ2n) is 12.2. The van der Waals surface area contributed by atoms with Gasteiger partial charge in [-0.05, 0) is 70.3 Å². The smallest absolute Gasteiger partial charge is 0.411 e. The van der Waals surface area contributed by atoms with E-state index in [9.17, 15) is 14.9 Å². The summed E-state index contributed by atoms with van der Waals surface area (Å²) >= 11 is 0. The molecule has 2 aliphatic heterocycles. The van der Waals surface area contributed by atoms with Crippen LogP contribution in [0.1, 0.15) is 69.9 Å². The molecule has 0 aromatic heterocycles. The van der Waals surface area contributed by atoms with E-state index in [0.717, 1.165) is 31.9 Å². The molecule has 222 valence electrons. The third-order valence-electron chi connectivity index (χ3n) is 8.06. The number of fused-ring (bicyclic) bond motifs is 2. The number of ether oxygens (including phenoxy) is 2. The summed E-state index contributed by atoms with van der Waals surface area (Å²) in [6, 6.07) is 2.70. The van der Waals surface area contributed by atoms with Gasteiger partial charge < -0.3 is 20.2 Å². The van der Waals surface area contributed by atoms with Crippen LogP contribution in [0.5, 0.6) is 0 Å². The van der Waals surface area contributed by atoms with Crippen molar-refractivity contribution in [2.75, 3.05) is 19.8 Å². The second kappa shape index (κ2) is 13.1. The van der Waals surface area contributed by atoms with Crippen LogP contribution in [0.25, 0.3) is 0 Å². The van der Waals surface area contributed by atoms with Crippen LogP contribution in [0.15, 0.2) is 17.1 Å². The Labute approximate surface area is 239 Å². The predicted octanol–water partition coefficient (Wildman–Crippen LogP) is 4.53. The van der Waals surface area contributed by atoms with E-state index in [4.69, 9.17) is 14.9 Å². The molecule has 41 heavy (non-hydrogen) atoms. The molecule has 3 fully saturated rings. The number of hydrogen-bond acceptors (Lipinski definition) is 7. The number of rotatable bonds is 9. The SMILES string of the molecule is CC(C)(C)OC(=O)N1C2CCC(C2)C1C(=O)NC(C#N)Cc1ccc(C(C=N)C=NCC2CCOCC2)c(F)c1F. The van der Waals surface area contributed by atoms with Crippen molar-refractivity contribution >= 4 is 24.4 Å². The van der Waals surface area contributed by atoms with Gasteiger partial charge >= 0.3 is 6.09 Å². The molecule has 3 aliphatic rings. The van der Waals surface area contributed by atoms with Gasteiger partial charge in [-0.15, -0.1) is 0 Å². The summed E-state index contributed by atoms with van der Waals surface area (Å²) in [5, 5.41) is 20.1. The zero-order valence-electron chi connectivity index (χ0n) is 23.9. The number of carbonyl (C=O) groups excluding carboxylic acids is 2. The lowest BCUT2D eigenvalue weighted by molar-refractivity contribution is -0.128. The first-order valence-electron chi connectivity index (χ1n) is 14.3. The molecule has 2 heterocycles. The van der Waals surface area contributed by atoms with E-state index in [2.05, 4.69) is 10.3 Å². The third-order valence-corrected chi connectivity index (χ3v) is 8.06. The Hall–Kier alpha value is -3.39. The third kappa shape index (κ3) is 7.28.